The van der Waals surface area contributed by atoms with E-state index < -0.39 is 5.92 Å². The first kappa shape index (κ1) is 13.9. The molecule has 4 rings (SSSR count). The van der Waals surface area contributed by atoms with Gasteiger partial charge in [-0.05, 0) is 71.3 Å². The largest absolute Gasteiger partial charge is 0.298 e. The van der Waals surface area contributed by atoms with Gasteiger partial charge in [0.15, 0.2) is 11.6 Å². The molecule has 22 heavy (non-hydrogen) atoms. The highest BCUT2D eigenvalue weighted by atomic mass is 32.1. The van der Waals surface area contributed by atoms with E-state index >= 15 is 0 Å². The van der Waals surface area contributed by atoms with Crippen LogP contribution in [0.15, 0.2) is 35.0 Å². The van der Waals surface area contributed by atoms with E-state index in [0.29, 0.717) is 0 Å². The molecular weight excluding hydrogens is 292 g/mol. The lowest BCUT2D eigenvalue weighted by molar-refractivity contribution is -0.135. The van der Waals surface area contributed by atoms with E-state index in [4.69, 9.17) is 0 Å². The van der Waals surface area contributed by atoms with Crippen molar-refractivity contribution in [2.24, 2.45) is 11.8 Å². The number of ketones is 2. The zero-order valence-electron chi connectivity index (χ0n) is 12.5. The van der Waals surface area contributed by atoms with E-state index in [-0.39, 0.29) is 23.4 Å². The zero-order valence-corrected chi connectivity index (χ0v) is 13.4. The highest BCUT2D eigenvalue weighted by Gasteiger charge is 2.47. The average Bonchev–Trinajstić information content (AvgIpc) is 3.18. The Morgan fingerprint density at radius 3 is 2.36 bits per heavy atom. The minimum Gasteiger partial charge on any atom is -0.298 e. The fourth-order valence-corrected chi connectivity index (χ4v) is 4.64. The molecule has 112 valence electrons. The maximum Gasteiger partial charge on any atom is 0.150 e. The van der Waals surface area contributed by atoms with Crippen molar-refractivity contribution in [3.05, 3.63) is 46.2 Å². The van der Waals surface area contributed by atoms with Crippen molar-refractivity contribution in [3.8, 4) is 11.1 Å². The molecule has 1 aromatic heterocycles. The van der Waals surface area contributed by atoms with Crippen LogP contribution in [-0.2, 0) is 9.59 Å². The second-order valence-corrected chi connectivity index (χ2v) is 7.31. The van der Waals surface area contributed by atoms with Gasteiger partial charge in [0.1, 0.15) is 5.92 Å². The molecule has 2 nitrogen and oxygen atoms in total. The molecule has 2 fully saturated rings. The monoisotopic (exact) mass is 310 g/mol. The molecule has 0 aliphatic heterocycles. The number of hydrogen-bond acceptors (Lipinski definition) is 3. The summed E-state index contributed by atoms with van der Waals surface area (Å²) in [5.74, 6) is 0.00674. The molecule has 1 unspecified atom stereocenters. The zero-order chi connectivity index (χ0) is 15.3. The summed E-state index contributed by atoms with van der Waals surface area (Å²) in [5, 5.41) is 4.15. The Morgan fingerprint density at radius 2 is 1.73 bits per heavy atom. The van der Waals surface area contributed by atoms with Crippen molar-refractivity contribution in [1.82, 2.24) is 0 Å². The van der Waals surface area contributed by atoms with Crippen LogP contribution in [0.4, 0.5) is 0 Å². The Labute approximate surface area is 134 Å². The van der Waals surface area contributed by atoms with E-state index in [1.165, 1.54) is 0 Å². The van der Waals surface area contributed by atoms with E-state index in [9.17, 15) is 9.59 Å². The fraction of sp³-hybridized carbons (Fsp3) is 0.368. The van der Waals surface area contributed by atoms with Crippen molar-refractivity contribution in [1.29, 1.82) is 0 Å². The standard InChI is InChI=1S/C19H18O2S/c1-11-2-3-12(15-6-7-22-10-15)9-16(11)17-18(20)13-4-5-14(8-13)19(17)21/h2-3,6-7,9-10,13-14,17H,4-5,8H2,1H3/t13-,14+,17?. The molecule has 3 heteroatoms. The van der Waals surface area contributed by atoms with Crippen LogP contribution in [-0.4, -0.2) is 11.6 Å². The summed E-state index contributed by atoms with van der Waals surface area (Å²) in [6.07, 6.45) is 2.58. The van der Waals surface area contributed by atoms with Crippen molar-refractivity contribution in [2.75, 3.05) is 0 Å². The number of thiophene rings is 1. The summed E-state index contributed by atoms with van der Waals surface area (Å²) in [6, 6.07) is 8.25. The predicted molar refractivity (Wildman–Crippen MR) is 88.1 cm³/mol. The average molecular weight is 310 g/mol. The van der Waals surface area contributed by atoms with Gasteiger partial charge in [-0.2, -0.15) is 11.3 Å². The Bertz CT molecular complexity index is 723. The minimum atomic E-state index is -0.523. The maximum atomic E-state index is 12.7. The molecule has 1 aromatic carbocycles. The summed E-state index contributed by atoms with van der Waals surface area (Å²) in [4.78, 5) is 25.5. The van der Waals surface area contributed by atoms with Crippen LogP contribution in [0.2, 0.25) is 0 Å². The molecule has 2 aliphatic carbocycles. The molecule has 2 bridgehead atoms. The van der Waals surface area contributed by atoms with Gasteiger partial charge < -0.3 is 0 Å². The van der Waals surface area contributed by atoms with Crippen molar-refractivity contribution >= 4 is 22.9 Å². The maximum absolute atomic E-state index is 12.7. The molecule has 3 atom stereocenters. The molecule has 2 aromatic rings. The molecule has 0 N–H and O–H groups in total. The first-order valence-corrected chi connectivity index (χ1v) is 8.80. The molecule has 0 saturated heterocycles. The van der Waals surface area contributed by atoms with Crippen LogP contribution >= 0.6 is 11.3 Å². The highest BCUT2D eigenvalue weighted by Crippen LogP contribution is 2.45. The Morgan fingerprint density at radius 1 is 1.00 bits per heavy atom. The Balaban J connectivity index is 1.80. The van der Waals surface area contributed by atoms with Crippen LogP contribution < -0.4 is 0 Å². The van der Waals surface area contributed by atoms with Gasteiger partial charge in [0.2, 0.25) is 0 Å². The van der Waals surface area contributed by atoms with Gasteiger partial charge >= 0.3 is 0 Å². The number of carbonyl (C=O) groups excluding carboxylic acids is 2. The molecule has 0 spiro atoms. The molecule has 2 saturated carbocycles. The highest BCUT2D eigenvalue weighted by molar-refractivity contribution is 7.08. The first-order chi connectivity index (χ1) is 10.6. The van der Waals surface area contributed by atoms with Crippen LogP contribution in [0.25, 0.3) is 11.1 Å². The second-order valence-electron chi connectivity index (χ2n) is 6.53. The summed E-state index contributed by atoms with van der Waals surface area (Å²) in [6.45, 7) is 2.00. The summed E-state index contributed by atoms with van der Waals surface area (Å²) < 4.78 is 0. The van der Waals surface area contributed by atoms with Gasteiger partial charge in [0.05, 0.1) is 0 Å². The van der Waals surface area contributed by atoms with Gasteiger partial charge in [0, 0.05) is 11.8 Å². The number of Topliss-reactive ketones (excluding diaryl/α,β-unsaturated/α-hetero) is 2. The smallest absolute Gasteiger partial charge is 0.150 e. The topological polar surface area (TPSA) is 34.1 Å². The van der Waals surface area contributed by atoms with Gasteiger partial charge in [-0.3, -0.25) is 9.59 Å². The van der Waals surface area contributed by atoms with Gasteiger partial charge in [-0.15, -0.1) is 0 Å². The van der Waals surface area contributed by atoms with E-state index in [1.807, 2.05) is 18.4 Å². The van der Waals surface area contributed by atoms with Gasteiger partial charge in [-0.25, -0.2) is 0 Å². The fourth-order valence-electron chi connectivity index (χ4n) is 3.98. The number of benzene rings is 1. The van der Waals surface area contributed by atoms with E-state index in [2.05, 4.69) is 23.6 Å². The van der Waals surface area contributed by atoms with Gasteiger partial charge in [0.25, 0.3) is 0 Å². The van der Waals surface area contributed by atoms with Crippen LogP contribution in [0, 0.1) is 18.8 Å². The summed E-state index contributed by atoms with van der Waals surface area (Å²) in [5.41, 5.74) is 4.23. The van der Waals surface area contributed by atoms with Crippen LogP contribution in [0.1, 0.15) is 36.3 Å². The SMILES string of the molecule is Cc1ccc(-c2ccsc2)cc1C1C(=O)[C@@H]2CC[C@@H](C2)C1=O. The number of hydrogen-bond donors (Lipinski definition) is 0. The third-order valence-electron chi connectivity index (χ3n) is 5.25. The second kappa shape index (κ2) is 5.17. The quantitative estimate of drug-likeness (QED) is 0.772. The molecular formula is C19H18O2S. The summed E-state index contributed by atoms with van der Waals surface area (Å²) >= 11 is 1.66. The molecule has 2 aliphatic rings. The number of fused-ring (bicyclic) bond motifs is 2. The van der Waals surface area contributed by atoms with Gasteiger partial charge in [-0.1, -0.05) is 12.1 Å². The lowest BCUT2D eigenvalue weighted by atomic mass is 9.74. The molecule has 0 amide bonds. The predicted octanol–water partition coefficient (Wildman–Crippen LogP) is 4.38. The minimum absolute atomic E-state index is 0.108. The van der Waals surface area contributed by atoms with E-state index in [1.54, 1.807) is 11.3 Å². The lowest BCUT2D eigenvalue weighted by Gasteiger charge is -2.27. The first-order valence-electron chi connectivity index (χ1n) is 7.85. The van der Waals surface area contributed by atoms with Crippen LogP contribution in [0.5, 0.6) is 0 Å². The van der Waals surface area contributed by atoms with Crippen LogP contribution in [0.3, 0.4) is 0 Å². The van der Waals surface area contributed by atoms with Crippen molar-refractivity contribution in [2.45, 2.75) is 32.1 Å². The number of rotatable bonds is 2. The third-order valence-corrected chi connectivity index (χ3v) is 5.93. The molecule has 0 radical (unpaired) electrons. The molecule has 1 heterocycles. The number of carbonyl (C=O) groups is 2. The lowest BCUT2D eigenvalue weighted by Crippen LogP contribution is -2.35. The Hall–Kier alpha value is -1.74. The summed E-state index contributed by atoms with van der Waals surface area (Å²) in [7, 11) is 0. The normalized spacial score (nSPS) is 27.4. The number of aryl methyl sites for hydroxylation is 1. The van der Waals surface area contributed by atoms with E-state index in [0.717, 1.165) is 41.5 Å². The van der Waals surface area contributed by atoms with Crippen molar-refractivity contribution < 1.29 is 9.59 Å². The third kappa shape index (κ3) is 2.07. The van der Waals surface area contributed by atoms with Crippen molar-refractivity contribution in [3.63, 3.8) is 0 Å². The Kier molecular flexibility index (Phi) is 3.26.